The maximum absolute atomic E-state index is 13.2. The molecule has 244 valence electrons. The van der Waals surface area contributed by atoms with Gasteiger partial charge in [-0.1, -0.05) is 88.4 Å². The molecule has 0 saturated carbocycles. The van der Waals surface area contributed by atoms with E-state index in [2.05, 4.69) is 5.32 Å². The lowest BCUT2D eigenvalue weighted by atomic mass is 10.1. The van der Waals surface area contributed by atoms with Crippen LogP contribution in [0.3, 0.4) is 0 Å². The molecule has 0 aromatic heterocycles. The number of ether oxygens (including phenoxy) is 4. The van der Waals surface area contributed by atoms with Crippen molar-refractivity contribution in [2.75, 3.05) is 41.5 Å². The van der Waals surface area contributed by atoms with Crippen molar-refractivity contribution >= 4 is 56.4 Å². The van der Waals surface area contributed by atoms with Crippen LogP contribution in [0.4, 0.5) is 0 Å². The molecule has 0 unspecified atom stereocenters. The topological polar surface area (TPSA) is 86.3 Å². The van der Waals surface area contributed by atoms with Crippen molar-refractivity contribution < 1.29 is 27.4 Å². The van der Waals surface area contributed by atoms with Gasteiger partial charge in [-0.05, 0) is 55.2 Å². The summed E-state index contributed by atoms with van der Waals surface area (Å²) in [5, 5.41) is 5.17. The molecule has 0 bridgehead atoms. The predicted molar refractivity (Wildman–Crippen MR) is 178 cm³/mol. The van der Waals surface area contributed by atoms with E-state index in [0.29, 0.717) is 38.7 Å². The standard InChI is InChI=1S/C19H23Cl2NO4S.C12H17Cl2NO2/c1-13-5-9-16(10-6-13)27(23,24)22(12-17(25-3)26-4)11-15-8-7-14(2)18(20)19(15)21;1-8-4-5-9(12(14)11(8)13)6-15-7-10(16-2)17-3/h5-10,17H,11-12H2,1-4H3;4-5,10,15H,6-7H2,1-3H3. The molecule has 44 heavy (non-hydrogen) atoms. The van der Waals surface area contributed by atoms with E-state index in [1.807, 2.05) is 39.0 Å². The highest BCUT2D eigenvalue weighted by atomic mass is 35.5. The van der Waals surface area contributed by atoms with Crippen LogP contribution in [0.1, 0.15) is 27.8 Å². The van der Waals surface area contributed by atoms with Gasteiger partial charge in [-0.3, -0.25) is 0 Å². The minimum absolute atomic E-state index is 0.00499. The fourth-order valence-corrected chi connectivity index (χ4v) is 6.25. The monoisotopic (exact) mass is 708 g/mol. The van der Waals surface area contributed by atoms with Crippen molar-refractivity contribution in [1.82, 2.24) is 9.62 Å². The highest BCUT2D eigenvalue weighted by Gasteiger charge is 2.28. The number of methoxy groups -OCH3 is 4. The molecule has 0 aliphatic carbocycles. The molecule has 0 amide bonds. The van der Waals surface area contributed by atoms with Crippen molar-refractivity contribution in [3.05, 3.63) is 96.4 Å². The molecule has 3 rings (SSSR count). The first-order valence-corrected chi connectivity index (χ1v) is 16.5. The van der Waals surface area contributed by atoms with Crippen LogP contribution >= 0.6 is 46.4 Å². The average Bonchev–Trinajstić information content (AvgIpc) is 3.01. The zero-order valence-electron chi connectivity index (χ0n) is 25.9. The van der Waals surface area contributed by atoms with E-state index < -0.39 is 16.3 Å². The molecule has 0 aliphatic heterocycles. The first-order valence-electron chi connectivity index (χ1n) is 13.6. The summed E-state index contributed by atoms with van der Waals surface area (Å²) in [6.45, 7) is 6.93. The van der Waals surface area contributed by atoms with Gasteiger partial charge in [-0.15, -0.1) is 0 Å². The Bertz CT molecular complexity index is 1450. The van der Waals surface area contributed by atoms with E-state index in [0.717, 1.165) is 22.3 Å². The summed E-state index contributed by atoms with van der Waals surface area (Å²) >= 11 is 24.8. The summed E-state index contributed by atoms with van der Waals surface area (Å²) in [6, 6.07) is 14.2. The maximum Gasteiger partial charge on any atom is 0.243 e. The number of rotatable bonds is 14. The van der Waals surface area contributed by atoms with Crippen LogP contribution in [-0.2, 0) is 42.1 Å². The summed E-state index contributed by atoms with van der Waals surface area (Å²) in [6.07, 6.45) is -0.973. The second-order valence-electron chi connectivity index (χ2n) is 9.88. The Hall–Kier alpha value is -1.47. The molecule has 0 atom stereocenters. The zero-order chi connectivity index (χ0) is 33.0. The van der Waals surface area contributed by atoms with Crippen molar-refractivity contribution in [3.63, 3.8) is 0 Å². The van der Waals surface area contributed by atoms with Crippen LogP contribution in [0.2, 0.25) is 20.1 Å². The summed E-state index contributed by atoms with van der Waals surface area (Å²) in [7, 11) is 2.32. The molecule has 0 fully saturated rings. The Balaban J connectivity index is 0.000000342. The first-order chi connectivity index (χ1) is 20.8. The largest absolute Gasteiger partial charge is 0.355 e. The van der Waals surface area contributed by atoms with E-state index in [4.69, 9.17) is 65.4 Å². The van der Waals surface area contributed by atoms with Crippen molar-refractivity contribution in [3.8, 4) is 0 Å². The van der Waals surface area contributed by atoms with Gasteiger partial charge in [-0.25, -0.2) is 8.42 Å². The minimum Gasteiger partial charge on any atom is -0.355 e. The van der Waals surface area contributed by atoms with Crippen molar-refractivity contribution in [2.24, 2.45) is 0 Å². The Morgan fingerprint density at radius 3 is 1.66 bits per heavy atom. The van der Waals surface area contributed by atoms with E-state index in [1.54, 1.807) is 44.6 Å². The Kier molecular flexibility index (Phi) is 16.4. The van der Waals surface area contributed by atoms with Crippen LogP contribution in [0.15, 0.2) is 53.4 Å². The molecule has 3 aromatic carbocycles. The van der Waals surface area contributed by atoms with Gasteiger partial charge in [0.25, 0.3) is 0 Å². The first kappa shape index (κ1) is 38.7. The van der Waals surface area contributed by atoms with E-state index in [1.165, 1.54) is 18.5 Å². The van der Waals surface area contributed by atoms with Gasteiger partial charge in [0, 0.05) is 48.1 Å². The molecule has 0 spiro atoms. The van der Waals surface area contributed by atoms with E-state index in [-0.39, 0.29) is 24.3 Å². The lowest BCUT2D eigenvalue weighted by Crippen LogP contribution is -2.38. The summed E-state index contributed by atoms with van der Waals surface area (Å²) in [5.74, 6) is 0. The molecule has 1 N–H and O–H groups in total. The molecular formula is C31H40Cl4N2O6S. The molecule has 0 heterocycles. The Morgan fingerprint density at radius 2 is 1.16 bits per heavy atom. The van der Waals surface area contributed by atoms with Gasteiger partial charge in [0.15, 0.2) is 12.6 Å². The molecule has 0 aliphatic rings. The fraction of sp³-hybridized carbons (Fsp3) is 0.419. The van der Waals surface area contributed by atoms with Crippen LogP contribution in [-0.4, -0.2) is 66.8 Å². The number of halogens is 4. The maximum atomic E-state index is 13.2. The van der Waals surface area contributed by atoms with Gasteiger partial charge in [0.1, 0.15) is 0 Å². The number of hydrogen-bond acceptors (Lipinski definition) is 7. The second-order valence-corrected chi connectivity index (χ2v) is 13.3. The smallest absolute Gasteiger partial charge is 0.243 e. The van der Waals surface area contributed by atoms with Crippen LogP contribution < -0.4 is 5.32 Å². The molecule has 13 heteroatoms. The third kappa shape index (κ3) is 10.8. The normalized spacial score (nSPS) is 11.8. The SMILES string of the molecule is COC(CN(Cc1ccc(C)c(Cl)c1Cl)S(=O)(=O)c1ccc(C)cc1)OC.COC(CNCc1ccc(C)c(Cl)c1Cl)OC. The summed E-state index contributed by atoms with van der Waals surface area (Å²) in [4.78, 5) is 0.188. The quantitative estimate of drug-likeness (QED) is 0.174. The lowest BCUT2D eigenvalue weighted by molar-refractivity contribution is -0.108. The molecule has 3 aromatic rings. The van der Waals surface area contributed by atoms with Crippen LogP contribution in [0.5, 0.6) is 0 Å². The lowest BCUT2D eigenvalue weighted by Gasteiger charge is -2.26. The van der Waals surface area contributed by atoms with E-state index in [9.17, 15) is 8.42 Å². The summed E-state index contributed by atoms with van der Waals surface area (Å²) < 4.78 is 48.3. The Labute approximate surface area is 281 Å². The second kappa shape index (κ2) is 18.6. The third-order valence-corrected chi connectivity index (χ3v) is 10.6. The van der Waals surface area contributed by atoms with Crippen molar-refractivity contribution in [1.29, 1.82) is 0 Å². The predicted octanol–water partition coefficient (Wildman–Crippen LogP) is 7.43. The molecule has 0 saturated heterocycles. The highest BCUT2D eigenvalue weighted by Crippen LogP contribution is 2.31. The number of nitrogens with one attached hydrogen (secondary N) is 1. The molecule has 8 nitrogen and oxygen atoms in total. The minimum atomic E-state index is -3.80. The fourth-order valence-electron chi connectivity index (χ4n) is 3.93. The molecular weight excluding hydrogens is 670 g/mol. The molecule has 0 radical (unpaired) electrons. The van der Waals surface area contributed by atoms with Gasteiger partial charge < -0.3 is 24.3 Å². The zero-order valence-corrected chi connectivity index (χ0v) is 29.8. The van der Waals surface area contributed by atoms with Gasteiger partial charge >= 0.3 is 0 Å². The Morgan fingerprint density at radius 1 is 0.682 bits per heavy atom. The van der Waals surface area contributed by atoms with Gasteiger partial charge in [0.05, 0.1) is 31.5 Å². The summed E-state index contributed by atoms with van der Waals surface area (Å²) in [5.41, 5.74) is 4.35. The average molecular weight is 711 g/mol. The third-order valence-electron chi connectivity index (χ3n) is 6.75. The highest BCUT2D eigenvalue weighted by molar-refractivity contribution is 7.89. The van der Waals surface area contributed by atoms with Gasteiger partial charge in [-0.2, -0.15) is 4.31 Å². The van der Waals surface area contributed by atoms with Gasteiger partial charge in [0.2, 0.25) is 10.0 Å². The number of aryl methyl sites for hydroxylation is 3. The van der Waals surface area contributed by atoms with Crippen molar-refractivity contribution in [2.45, 2.75) is 51.3 Å². The number of sulfonamides is 1. The number of nitrogens with zero attached hydrogens (tertiary/aromatic N) is 1. The number of benzene rings is 3. The van der Waals surface area contributed by atoms with Crippen LogP contribution in [0, 0.1) is 20.8 Å². The number of hydrogen-bond donors (Lipinski definition) is 1. The van der Waals surface area contributed by atoms with Crippen LogP contribution in [0.25, 0.3) is 0 Å². The van der Waals surface area contributed by atoms with E-state index >= 15 is 0 Å².